The van der Waals surface area contributed by atoms with Crippen molar-refractivity contribution in [2.75, 3.05) is 24.2 Å². The van der Waals surface area contributed by atoms with E-state index in [9.17, 15) is 18.0 Å². The van der Waals surface area contributed by atoms with Crippen molar-refractivity contribution in [3.05, 3.63) is 64.2 Å². The highest BCUT2D eigenvalue weighted by atomic mass is 35.5. The predicted octanol–water partition coefficient (Wildman–Crippen LogP) is 3.28. The van der Waals surface area contributed by atoms with Gasteiger partial charge in [0.1, 0.15) is 12.6 Å². The first-order valence-corrected chi connectivity index (χ1v) is 12.5. The molecule has 0 saturated carbocycles. The molecule has 1 atom stereocenters. The molecule has 0 fully saturated rings. The smallest absolute Gasteiger partial charge is 0.244 e. The molecule has 7 nitrogen and oxygen atoms in total. The number of likely N-dealkylation sites (N-methyl/N-ethyl adjacent to an activating group) is 1. The second kappa shape index (κ2) is 10.8. The Morgan fingerprint density at radius 3 is 2.19 bits per heavy atom. The molecule has 0 bridgehead atoms. The van der Waals surface area contributed by atoms with E-state index in [-0.39, 0.29) is 12.5 Å². The highest BCUT2D eigenvalue weighted by molar-refractivity contribution is 7.92. The van der Waals surface area contributed by atoms with E-state index in [0.717, 1.165) is 21.7 Å². The number of hydrogen-bond donors (Lipinski definition) is 1. The van der Waals surface area contributed by atoms with Crippen LogP contribution in [-0.2, 0) is 26.2 Å². The van der Waals surface area contributed by atoms with Crippen molar-refractivity contribution in [2.24, 2.45) is 0 Å². The largest absolute Gasteiger partial charge is 0.357 e. The Balaban J connectivity index is 2.48. The monoisotopic (exact) mass is 479 g/mol. The molecule has 32 heavy (non-hydrogen) atoms. The van der Waals surface area contributed by atoms with Crippen LogP contribution < -0.4 is 9.62 Å². The molecule has 174 valence electrons. The fourth-order valence-corrected chi connectivity index (χ4v) is 4.63. The number of amides is 2. The lowest BCUT2D eigenvalue weighted by atomic mass is 10.1. The van der Waals surface area contributed by atoms with E-state index in [1.807, 2.05) is 19.9 Å². The minimum Gasteiger partial charge on any atom is -0.357 e. The lowest BCUT2D eigenvalue weighted by Crippen LogP contribution is -2.51. The maximum Gasteiger partial charge on any atom is 0.244 e. The first-order chi connectivity index (χ1) is 15.0. The van der Waals surface area contributed by atoms with Crippen molar-refractivity contribution >= 4 is 39.1 Å². The van der Waals surface area contributed by atoms with Crippen LogP contribution in [0.1, 0.15) is 30.0 Å². The third-order valence-corrected chi connectivity index (χ3v) is 6.61. The molecule has 0 unspecified atom stereocenters. The number of aryl methyl sites for hydroxylation is 2. The maximum atomic E-state index is 13.5. The molecule has 2 aromatic carbocycles. The first kappa shape index (κ1) is 25.7. The van der Waals surface area contributed by atoms with Gasteiger partial charge in [0.25, 0.3) is 0 Å². The zero-order valence-electron chi connectivity index (χ0n) is 19.1. The Hall–Kier alpha value is -2.58. The van der Waals surface area contributed by atoms with Crippen LogP contribution in [0.2, 0.25) is 5.02 Å². The van der Waals surface area contributed by atoms with Gasteiger partial charge < -0.3 is 10.2 Å². The van der Waals surface area contributed by atoms with Crippen LogP contribution >= 0.6 is 11.6 Å². The summed E-state index contributed by atoms with van der Waals surface area (Å²) in [5.74, 6) is -0.824. The van der Waals surface area contributed by atoms with E-state index in [2.05, 4.69) is 5.32 Å². The highest BCUT2D eigenvalue weighted by Gasteiger charge is 2.31. The van der Waals surface area contributed by atoms with Crippen molar-refractivity contribution in [3.8, 4) is 0 Å². The number of halogens is 1. The van der Waals surface area contributed by atoms with Gasteiger partial charge in [-0.25, -0.2) is 8.42 Å². The van der Waals surface area contributed by atoms with E-state index < -0.39 is 28.5 Å². The third-order valence-electron chi connectivity index (χ3n) is 5.10. The number of anilines is 1. The summed E-state index contributed by atoms with van der Waals surface area (Å²) in [6.07, 6.45) is 1.42. The first-order valence-electron chi connectivity index (χ1n) is 10.3. The fraction of sp³-hybridized carbons (Fsp3) is 0.391. The highest BCUT2D eigenvalue weighted by Crippen LogP contribution is 2.24. The van der Waals surface area contributed by atoms with Gasteiger partial charge in [0.2, 0.25) is 21.8 Å². The number of benzene rings is 2. The summed E-state index contributed by atoms with van der Waals surface area (Å²) in [6, 6.07) is 11.6. The van der Waals surface area contributed by atoms with E-state index in [1.54, 1.807) is 43.3 Å². The average Bonchev–Trinajstić information content (AvgIpc) is 2.71. The summed E-state index contributed by atoms with van der Waals surface area (Å²) in [7, 11) is -2.26. The van der Waals surface area contributed by atoms with Gasteiger partial charge in [0.15, 0.2) is 0 Å². The van der Waals surface area contributed by atoms with Crippen LogP contribution in [0.5, 0.6) is 0 Å². The van der Waals surface area contributed by atoms with Gasteiger partial charge in [-0.1, -0.05) is 42.8 Å². The van der Waals surface area contributed by atoms with Gasteiger partial charge >= 0.3 is 0 Å². The van der Waals surface area contributed by atoms with Crippen LogP contribution in [0.15, 0.2) is 42.5 Å². The standard InChI is InChI=1S/C23H30ClN3O4S/c1-6-21(23(29)25-4)26(14-18-9-7-8-10-20(18)24)22(28)15-27(32(5,30)31)19-12-16(2)11-17(3)13-19/h7-13,21H,6,14-15H2,1-5H3,(H,25,29)/t21-/m0/s1. The van der Waals surface area contributed by atoms with E-state index in [4.69, 9.17) is 11.6 Å². The summed E-state index contributed by atoms with van der Waals surface area (Å²) in [5.41, 5.74) is 2.84. The lowest BCUT2D eigenvalue weighted by molar-refractivity contribution is -0.140. The second-order valence-corrected chi connectivity index (χ2v) is 10.1. The van der Waals surface area contributed by atoms with Crippen molar-refractivity contribution in [3.63, 3.8) is 0 Å². The fourth-order valence-electron chi connectivity index (χ4n) is 3.60. The number of carbonyl (C=O) groups is 2. The van der Waals surface area contributed by atoms with Crippen molar-refractivity contribution < 1.29 is 18.0 Å². The second-order valence-electron chi connectivity index (χ2n) is 7.77. The van der Waals surface area contributed by atoms with E-state index >= 15 is 0 Å². The number of nitrogens with one attached hydrogen (secondary N) is 1. The van der Waals surface area contributed by atoms with Crippen LogP contribution in [-0.4, -0.2) is 51.0 Å². The zero-order chi connectivity index (χ0) is 24.1. The Morgan fingerprint density at radius 1 is 1.09 bits per heavy atom. The van der Waals surface area contributed by atoms with Crippen molar-refractivity contribution in [2.45, 2.75) is 39.8 Å². The molecule has 0 aliphatic carbocycles. The molecule has 9 heteroatoms. The number of carbonyl (C=O) groups excluding carboxylic acids is 2. The summed E-state index contributed by atoms with van der Waals surface area (Å²) >= 11 is 6.30. The number of sulfonamides is 1. The van der Waals surface area contributed by atoms with Crippen LogP contribution in [0.3, 0.4) is 0 Å². The summed E-state index contributed by atoms with van der Waals surface area (Å²) in [6.45, 7) is 5.17. The van der Waals surface area contributed by atoms with Crippen LogP contribution in [0.25, 0.3) is 0 Å². The number of rotatable bonds is 9. The number of hydrogen-bond acceptors (Lipinski definition) is 4. The van der Waals surface area contributed by atoms with Gasteiger partial charge in [-0.3, -0.25) is 13.9 Å². The Kier molecular flexibility index (Phi) is 8.69. The van der Waals surface area contributed by atoms with Gasteiger partial charge in [-0.15, -0.1) is 0 Å². The molecule has 0 heterocycles. The maximum absolute atomic E-state index is 13.5. The molecular formula is C23H30ClN3O4S. The summed E-state index contributed by atoms with van der Waals surface area (Å²) < 4.78 is 26.3. The van der Waals surface area contributed by atoms with Gasteiger partial charge in [0, 0.05) is 18.6 Å². The molecule has 1 N–H and O–H groups in total. The minimum atomic E-state index is -3.76. The Morgan fingerprint density at radius 2 is 1.69 bits per heavy atom. The molecule has 0 aliphatic heterocycles. The summed E-state index contributed by atoms with van der Waals surface area (Å²) in [4.78, 5) is 27.4. The zero-order valence-corrected chi connectivity index (χ0v) is 20.6. The third kappa shape index (κ3) is 6.46. The number of nitrogens with zero attached hydrogens (tertiary/aromatic N) is 2. The normalized spacial score (nSPS) is 12.2. The molecule has 0 saturated heterocycles. The molecule has 0 radical (unpaired) electrons. The lowest BCUT2D eigenvalue weighted by Gasteiger charge is -2.32. The molecular weight excluding hydrogens is 450 g/mol. The molecule has 2 aromatic rings. The molecule has 2 amide bonds. The van der Waals surface area contributed by atoms with Gasteiger partial charge in [-0.2, -0.15) is 0 Å². The van der Waals surface area contributed by atoms with Crippen LogP contribution in [0.4, 0.5) is 5.69 Å². The SMILES string of the molecule is CC[C@@H](C(=O)NC)N(Cc1ccccc1Cl)C(=O)CN(c1cc(C)cc(C)c1)S(C)(=O)=O. The molecule has 0 aliphatic rings. The molecule has 0 spiro atoms. The minimum absolute atomic E-state index is 0.0783. The Bertz CT molecular complexity index is 1070. The summed E-state index contributed by atoms with van der Waals surface area (Å²) in [5, 5.41) is 3.05. The van der Waals surface area contributed by atoms with Crippen molar-refractivity contribution in [1.29, 1.82) is 0 Å². The molecule has 2 rings (SSSR count). The van der Waals surface area contributed by atoms with E-state index in [1.165, 1.54) is 11.9 Å². The van der Waals surface area contributed by atoms with Crippen molar-refractivity contribution in [1.82, 2.24) is 10.2 Å². The van der Waals surface area contributed by atoms with E-state index in [0.29, 0.717) is 22.7 Å². The quantitative estimate of drug-likeness (QED) is 0.598. The van der Waals surface area contributed by atoms with Gasteiger partial charge in [0.05, 0.1) is 11.9 Å². The molecule has 0 aromatic heterocycles. The topological polar surface area (TPSA) is 86.8 Å². The Labute approximate surface area is 195 Å². The predicted molar refractivity (Wildman–Crippen MR) is 128 cm³/mol. The van der Waals surface area contributed by atoms with Gasteiger partial charge in [-0.05, 0) is 55.2 Å². The average molecular weight is 480 g/mol. The van der Waals surface area contributed by atoms with Crippen LogP contribution in [0, 0.1) is 13.8 Å².